The fourth-order valence-electron chi connectivity index (χ4n) is 3.60. The molecule has 0 atom stereocenters. The van der Waals surface area contributed by atoms with Gasteiger partial charge in [-0.3, -0.25) is 9.59 Å². The Hall–Kier alpha value is -3.12. The number of hydrogen-bond donors (Lipinski definition) is 2. The van der Waals surface area contributed by atoms with E-state index >= 15 is 0 Å². The van der Waals surface area contributed by atoms with Gasteiger partial charge in [-0.2, -0.15) is 0 Å². The molecule has 1 amide bonds. The predicted molar refractivity (Wildman–Crippen MR) is 111 cm³/mol. The van der Waals surface area contributed by atoms with Crippen LogP contribution in [0.15, 0.2) is 53.3 Å². The normalized spacial score (nSPS) is 14.2. The SMILES string of the molecule is Cc1c(NC(=O)Cc2cc3ccccc3[nH]c2=O)cccc1N1CCOCC1. The first-order valence-electron chi connectivity index (χ1n) is 9.45. The number of fused-ring (bicyclic) bond motifs is 1. The number of benzene rings is 2. The largest absolute Gasteiger partial charge is 0.378 e. The highest BCUT2D eigenvalue weighted by molar-refractivity contribution is 5.94. The molecule has 1 aromatic heterocycles. The maximum Gasteiger partial charge on any atom is 0.252 e. The van der Waals surface area contributed by atoms with Crippen molar-refractivity contribution in [2.45, 2.75) is 13.3 Å². The van der Waals surface area contributed by atoms with E-state index in [9.17, 15) is 9.59 Å². The topological polar surface area (TPSA) is 74.4 Å². The number of para-hydroxylation sites is 1. The number of hydrogen-bond acceptors (Lipinski definition) is 4. The molecule has 0 saturated carbocycles. The zero-order chi connectivity index (χ0) is 19.5. The predicted octanol–water partition coefficient (Wildman–Crippen LogP) is 2.85. The number of anilines is 2. The molecule has 6 nitrogen and oxygen atoms in total. The van der Waals surface area contributed by atoms with E-state index in [0.29, 0.717) is 18.8 Å². The minimum atomic E-state index is -0.229. The molecule has 2 heterocycles. The average molecular weight is 377 g/mol. The second-order valence-electron chi connectivity index (χ2n) is 6.99. The quantitative estimate of drug-likeness (QED) is 0.733. The van der Waals surface area contributed by atoms with E-state index in [1.165, 1.54) is 0 Å². The molecule has 0 unspecified atom stereocenters. The lowest BCUT2D eigenvalue weighted by Crippen LogP contribution is -2.36. The van der Waals surface area contributed by atoms with E-state index in [1.54, 1.807) is 6.07 Å². The number of pyridine rings is 1. The van der Waals surface area contributed by atoms with Gasteiger partial charge in [0.15, 0.2) is 0 Å². The average Bonchev–Trinajstić information content (AvgIpc) is 2.71. The first-order chi connectivity index (χ1) is 13.6. The van der Waals surface area contributed by atoms with Gasteiger partial charge in [-0.05, 0) is 42.1 Å². The maximum absolute atomic E-state index is 12.6. The zero-order valence-corrected chi connectivity index (χ0v) is 15.8. The molecule has 28 heavy (non-hydrogen) atoms. The van der Waals surface area contributed by atoms with E-state index < -0.39 is 0 Å². The van der Waals surface area contributed by atoms with E-state index in [-0.39, 0.29) is 17.9 Å². The smallest absolute Gasteiger partial charge is 0.252 e. The Morgan fingerprint density at radius 3 is 2.75 bits per heavy atom. The van der Waals surface area contributed by atoms with E-state index in [0.717, 1.165) is 40.9 Å². The summed E-state index contributed by atoms with van der Waals surface area (Å²) in [6.45, 7) is 5.10. The lowest BCUT2D eigenvalue weighted by molar-refractivity contribution is -0.115. The van der Waals surface area contributed by atoms with Crippen molar-refractivity contribution in [3.63, 3.8) is 0 Å². The summed E-state index contributed by atoms with van der Waals surface area (Å²) >= 11 is 0. The summed E-state index contributed by atoms with van der Waals surface area (Å²) in [7, 11) is 0. The molecule has 1 fully saturated rings. The van der Waals surface area contributed by atoms with Crippen molar-refractivity contribution in [2.75, 3.05) is 36.5 Å². The third-order valence-corrected chi connectivity index (χ3v) is 5.11. The van der Waals surface area contributed by atoms with Gasteiger partial charge in [0.05, 0.1) is 19.6 Å². The summed E-state index contributed by atoms with van der Waals surface area (Å²) in [6.07, 6.45) is 0.0292. The van der Waals surface area contributed by atoms with Gasteiger partial charge in [0.2, 0.25) is 5.91 Å². The van der Waals surface area contributed by atoms with E-state index in [4.69, 9.17) is 4.74 Å². The molecule has 1 aliphatic rings. The second kappa shape index (κ2) is 7.86. The molecular weight excluding hydrogens is 354 g/mol. The van der Waals surface area contributed by atoms with Crippen molar-refractivity contribution in [1.29, 1.82) is 0 Å². The van der Waals surface area contributed by atoms with Crippen LogP contribution in [0, 0.1) is 6.92 Å². The number of aromatic amines is 1. The van der Waals surface area contributed by atoms with Gasteiger partial charge in [0.25, 0.3) is 5.56 Å². The van der Waals surface area contributed by atoms with Crippen LogP contribution in [-0.2, 0) is 16.0 Å². The third kappa shape index (κ3) is 3.77. The molecule has 0 aliphatic carbocycles. The van der Waals surface area contributed by atoms with Crippen LogP contribution in [0.25, 0.3) is 10.9 Å². The Morgan fingerprint density at radius 2 is 1.93 bits per heavy atom. The van der Waals surface area contributed by atoms with Gasteiger partial charge in [0, 0.05) is 35.5 Å². The number of aromatic nitrogens is 1. The number of carbonyl (C=O) groups is 1. The Kier molecular flexibility index (Phi) is 5.12. The first-order valence-corrected chi connectivity index (χ1v) is 9.45. The standard InChI is InChI=1S/C22H23N3O3/c1-15-18(7-4-8-20(15)25-9-11-28-12-10-25)23-21(26)14-17-13-16-5-2-3-6-19(16)24-22(17)27/h2-8,13H,9-12,14H2,1H3,(H,23,26)(H,24,27). The van der Waals surface area contributed by atoms with Crippen LogP contribution in [0.4, 0.5) is 11.4 Å². The molecule has 3 aromatic rings. The Labute approximate surface area is 163 Å². The molecule has 0 spiro atoms. The fourth-order valence-corrected chi connectivity index (χ4v) is 3.60. The summed E-state index contributed by atoms with van der Waals surface area (Å²) in [6, 6.07) is 15.2. The van der Waals surface area contributed by atoms with Crippen molar-refractivity contribution in [1.82, 2.24) is 4.98 Å². The summed E-state index contributed by atoms with van der Waals surface area (Å²) < 4.78 is 5.42. The van der Waals surface area contributed by atoms with Crippen molar-refractivity contribution < 1.29 is 9.53 Å². The summed E-state index contributed by atoms with van der Waals surface area (Å²) in [5, 5.41) is 3.88. The fraction of sp³-hybridized carbons (Fsp3) is 0.273. The highest BCUT2D eigenvalue weighted by Gasteiger charge is 2.16. The number of morpholine rings is 1. The number of H-pyrrole nitrogens is 1. The van der Waals surface area contributed by atoms with Gasteiger partial charge in [-0.25, -0.2) is 0 Å². The molecular formula is C22H23N3O3. The molecule has 6 heteroatoms. The lowest BCUT2D eigenvalue weighted by atomic mass is 10.1. The molecule has 4 rings (SSSR count). The van der Waals surface area contributed by atoms with Crippen molar-refractivity contribution >= 4 is 28.2 Å². The molecule has 1 aliphatic heterocycles. The number of carbonyl (C=O) groups excluding carboxylic acids is 1. The van der Waals surface area contributed by atoms with Gasteiger partial charge < -0.3 is 19.9 Å². The van der Waals surface area contributed by atoms with E-state index in [1.807, 2.05) is 43.3 Å². The number of ether oxygens (including phenoxy) is 1. The van der Waals surface area contributed by atoms with Crippen molar-refractivity contribution in [2.24, 2.45) is 0 Å². The molecule has 2 N–H and O–H groups in total. The molecule has 144 valence electrons. The Bertz CT molecular complexity index is 1070. The first kappa shape index (κ1) is 18.3. The maximum atomic E-state index is 12.6. The van der Waals surface area contributed by atoms with Gasteiger partial charge >= 0.3 is 0 Å². The Balaban J connectivity index is 1.53. The number of nitrogens with zero attached hydrogens (tertiary/aromatic N) is 1. The van der Waals surface area contributed by atoms with Crippen molar-refractivity contribution in [3.05, 3.63) is 70.0 Å². The van der Waals surface area contributed by atoms with Crippen LogP contribution in [0.1, 0.15) is 11.1 Å². The molecule has 2 aromatic carbocycles. The van der Waals surface area contributed by atoms with Gasteiger partial charge in [-0.1, -0.05) is 24.3 Å². The third-order valence-electron chi connectivity index (χ3n) is 5.11. The van der Waals surface area contributed by atoms with Crippen LogP contribution in [0.2, 0.25) is 0 Å². The van der Waals surface area contributed by atoms with Gasteiger partial charge in [0.1, 0.15) is 0 Å². The number of rotatable bonds is 4. The molecule has 0 radical (unpaired) electrons. The van der Waals surface area contributed by atoms with Crippen LogP contribution >= 0.6 is 0 Å². The number of amides is 1. The van der Waals surface area contributed by atoms with Crippen LogP contribution in [0.5, 0.6) is 0 Å². The van der Waals surface area contributed by atoms with Crippen LogP contribution in [-0.4, -0.2) is 37.2 Å². The van der Waals surface area contributed by atoms with Crippen LogP contribution in [0.3, 0.4) is 0 Å². The zero-order valence-electron chi connectivity index (χ0n) is 15.8. The molecule has 1 saturated heterocycles. The minimum absolute atomic E-state index is 0.0292. The molecule has 0 bridgehead atoms. The summed E-state index contributed by atoms with van der Waals surface area (Å²) in [5.41, 5.74) is 3.89. The second-order valence-corrected chi connectivity index (χ2v) is 6.99. The lowest BCUT2D eigenvalue weighted by Gasteiger charge is -2.30. The van der Waals surface area contributed by atoms with E-state index in [2.05, 4.69) is 21.3 Å². The number of nitrogens with one attached hydrogen (secondary N) is 2. The van der Waals surface area contributed by atoms with Gasteiger partial charge in [-0.15, -0.1) is 0 Å². The van der Waals surface area contributed by atoms with Crippen LogP contribution < -0.4 is 15.8 Å². The monoisotopic (exact) mass is 377 g/mol. The van der Waals surface area contributed by atoms with Crippen molar-refractivity contribution in [3.8, 4) is 0 Å². The summed E-state index contributed by atoms with van der Waals surface area (Å²) in [5.74, 6) is -0.206. The minimum Gasteiger partial charge on any atom is -0.378 e. The summed E-state index contributed by atoms with van der Waals surface area (Å²) in [4.78, 5) is 30.0. The highest BCUT2D eigenvalue weighted by atomic mass is 16.5. The highest BCUT2D eigenvalue weighted by Crippen LogP contribution is 2.27. The Morgan fingerprint density at radius 1 is 1.14 bits per heavy atom.